The molecule has 0 radical (unpaired) electrons. The molecule has 7 unspecified atom stereocenters. The van der Waals surface area contributed by atoms with Crippen molar-refractivity contribution >= 4 is 0 Å². The molecule has 1 aliphatic carbocycles. The van der Waals surface area contributed by atoms with Crippen molar-refractivity contribution in [1.29, 1.82) is 0 Å². The van der Waals surface area contributed by atoms with Gasteiger partial charge in [0.15, 0.2) is 0 Å². The summed E-state index contributed by atoms with van der Waals surface area (Å²) < 4.78 is 0. The van der Waals surface area contributed by atoms with Gasteiger partial charge in [0.2, 0.25) is 0 Å². The highest BCUT2D eigenvalue weighted by Crippen LogP contribution is 2.46. The average Bonchev–Trinajstić information content (AvgIpc) is 3.45. The maximum Gasteiger partial charge on any atom is -0.0322 e. The molecule has 0 aromatic rings. The molecule has 0 aromatic heterocycles. The van der Waals surface area contributed by atoms with Crippen LogP contribution < -0.4 is 0 Å². The number of hydrogen-bond acceptors (Lipinski definition) is 0. The lowest BCUT2D eigenvalue weighted by Gasteiger charge is -2.35. The molecule has 1 fully saturated rings. The van der Waals surface area contributed by atoms with Gasteiger partial charge in [-0.15, -0.1) is 19.7 Å². The second kappa shape index (κ2) is 40.0. The zero-order chi connectivity index (χ0) is 37.7. The van der Waals surface area contributed by atoms with Gasteiger partial charge in [-0.1, -0.05) is 197 Å². The molecule has 0 aliphatic heterocycles. The van der Waals surface area contributed by atoms with E-state index in [-0.39, 0.29) is 0 Å². The Morgan fingerprint density at radius 3 is 1.69 bits per heavy atom. The van der Waals surface area contributed by atoms with Crippen molar-refractivity contribution in [3.63, 3.8) is 0 Å². The first kappa shape index (κ1) is 52.6. The van der Waals surface area contributed by atoms with E-state index in [0.717, 1.165) is 53.8 Å². The van der Waals surface area contributed by atoms with Crippen molar-refractivity contribution in [2.75, 3.05) is 0 Å². The van der Waals surface area contributed by atoms with Crippen LogP contribution in [0.15, 0.2) is 38.0 Å². The van der Waals surface area contributed by atoms with E-state index in [1.54, 1.807) is 6.08 Å². The Bertz CT molecular complexity index is 655. The molecule has 0 saturated heterocycles. The van der Waals surface area contributed by atoms with Gasteiger partial charge < -0.3 is 0 Å². The molecule has 0 spiro atoms. The van der Waals surface area contributed by atoms with Crippen LogP contribution >= 0.6 is 0 Å². The van der Waals surface area contributed by atoms with Gasteiger partial charge in [0.1, 0.15) is 0 Å². The summed E-state index contributed by atoms with van der Waals surface area (Å²) in [4.78, 5) is 0. The molecule has 1 saturated carbocycles. The highest BCUT2D eigenvalue weighted by atomic mass is 14.4. The Morgan fingerprint density at radius 2 is 1.18 bits per heavy atom. The van der Waals surface area contributed by atoms with Crippen LogP contribution in [0.2, 0.25) is 0 Å². The van der Waals surface area contributed by atoms with Gasteiger partial charge in [-0.2, -0.15) is 0 Å². The smallest absolute Gasteiger partial charge is 0.0322 e. The Morgan fingerprint density at radius 1 is 0.633 bits per heavy atom. The van der Waals surface area contributed by atoms with Gasteiger partial charge in [-0.05, 0) is 99.2 Å². The fraction of sp³-hybridized carbons (Fsp3) is 0.878. The van der Waals surface area contributed by atoms with Crippen molar-refractivity contribution in [2.45, 2.75) is 230 Å². The van der Waals surface area contributed by atoms with E-state index in [1.165, 1.54) is 148 Å². The van der Waals surface area contributed by atoms with E-state index >= 15 is 0 Å². The Labute approximate surface area is 314 Å². The van der Waals surface area contributed by atoms with Crippen LogP contribution in [0, 0.1) is 47.3 Å². The van der Waals surface area contributed by atoms with E-state index in [1.807, 2.05) is 13.0 Å². The summed E-state index contributed by atoms with van der Waals surface area (Å²) in [6.45, 7) is 36.4. The van der Waals surface area contributed by atoms with Gasteiger partial charge >= 0.3 is 0 Å². The van der Waals surface area contributed by atoms with Crippen LogP contribution in [0.4, 0.5) is 0 Å². The molecule has 294 valence electrons. The average molecular weight is 687 g/mol. The lowest BCUT2D eigenvalue weighted by Crippen LogP contribution is -2.26. The Hall–Kier alpha value is -0.780. The first-order chi connectivity index (χ1) is 23.7. The summed E-state index contributed by atoms with van der Waals surface area (Å²) >= 11 is 0. The van der Waals surface area contributed by atoms with Crippen LogP contribution in [-0.2, 0) is 0 Å². The summed E-state index contributed by atoms with van der Waals surface area (Å²) in [5.74, 6) is 7.54. The molecular formula is C49H98. The molecule has 0 amide bonds. The maximum absolute atomic E-state index is 4.24. The molecule has 0 heteroatoms. The van der Waals surface area contributed by atoms with Crippen molar-refractivity contribution in [3.05, 3.63) is 38.0 Å². The highest BCUT2D eigenvalue weighted by Gasteiger charge is 2.36. The number of hydrogen-bond donors (Lipinski definition) is 0. The first-order valence-corrected chi connectivity index (χ1v) is 22.5. The molecule has 0 nitrogen and oxygen atoms in total. The normalized spacial score (nSPS) is 19.2. The van der Waals surface area contributed by atoms with E-state index in [2.05, 4.69) is 95.1 Å². The van der Waals surface area contributed by atoms with Gasteiger partial charge in [0, 0.05) is 0 Å². The zero-order valence-electron chi connectivity index (χ0n) is 36.4. The molecule has 0 aromatic carbocycles. The second-order valence-corrected chi connectivity index (χ2v) is 16.2. The van der Waals surface area contributed by atoms with Gasteiger partial charge in [0.05, 0.1) is 0 Å². The van der Waals surface area contributed by atoms with Crippen molar-refractivity contribution in [3.8, 4) is 0 Å². The maximum atomic E-state index is 4.24. The molecule has 1 aliphatic rings. The second-order valence-electron chi connectivity index (χ2n) is 16.2. The highest BCUT2D eigenvalue weighted by molar-refractivity contribution is 4.88. The van der Waals surface area contributed by atoms with E-state index in [0.29, 0.717) is 0 Å². The van der Waals surface area contributed by atoms with Crippen LogP contribution in [0.25, 0.3) is 0 Å². The monoisotopic (exact) mass is 687 g/mol. The van der Waals surface area contributed by atoms with Gasteiger partial charge in [-0.3, -0.25) is 0 Å². The topological polar surface area (TPSA) is 0 Å². The van der Waals surface area contributed by atoms with Gasteiger partial charge in [-0.25, -0.2) is 0 Å². The lowest BCUT2D eigenvalue weighted by molar-refractivity contribution is 0.154. The molecule has 0 bridgehead atoms. The minimum atomic E-state index is 0.875. The minimum Gasteiger partial charge on any atom is -0.103 e. The van der Waals surface area contributed by atoms with Gasteiger partial charge in [0.25, 0.3) is 0 Å². The molecule has 49 heavy (non-hydrogen) atoms. The summed E-state index contributed by atoms with van der Waals surface area (Å²) in [5.41, 5.74) is 0. The molecule has 0 heterocycles. The molecule has 0 N–H and O–H groups in total. The molecule has 7 atom stereocenters. The predicted molar refractivity (Wildman–Crippen MR) is 232 cm³/mol. The van der Waals surface area contributed by atoms with Crippen LogP contribution in [-0.4, -0.2) is 0 Å². The van der Waals surface area contributed by atoms with Crippen molar-refractivity contribution in [1.82, 2.24) is 0 Å². The summed E-state index contributed by atoms with van der Waals surface area (Å²) in [5, 5.41) is 0. The number of rotatable bonds is 27. The Balaban J connectivity index is -0.00000186. The summed E-state index contributed by atoms with van der Waals surface area (Å²) in [7, 11) is 0. The van der Waals surface area contributed by atoms with E-state index in [4.69, 9.17) is 0 Å². The quantitative estimate of drug-likeness (QED) is 0.0596. The Kier molecular flexibility index (Phi) is 42.9. The molecular weight excluding hydrogens is 589 g/mol. The fourth-order valence-corrected chi connectivity index (χ4v) is 8.41. The minimum absolute atomic E-state index is 0.875. The fourth-order valence-electron chi connectivity index (χ4n) is 8.41. The SMILES string of the molecule is C=CC.C=CCC.C=CCC(CCCCCCCC)C(CC1CC(C)C(CCC(C)CCCC(CC)CC)C1)C(CC)CCCC.CCC. The summed E-state index contributed by atoms with van der Waals surface area (Å²) in [6, 6.07) is 0. The van der Waals surface area contributed by atoms with Crippen LogP contribution in [0.1, 0.15) is 230 Å². The summed E-state index contributed by atoms with van der Waals surface area (Å²) in [6.07, 6.45) is 39.7. The van der Waals surface area contributed by atoms with Crippen molar-refractivity contribution in [2.24, 2.45) is 47.3 Å². The largest absolute Gasteiger partial charge is 0.103 e. The standard InChI is InChI=1S/C39H76.C4H8.C3H8.C3H6/c1-9-15-17-18-19-20-26-37(22-11-3)39(36(14-6)25-16-10-2)31-35-29-33(8)38(30-35)28-27-32(7)23-21-24-34(12-4)13-5;1-3-4-2;2*1-3-2/h11,32-39H,3,9-10,12-31H2,1-2,4-8H3;3H,1,4H2,2H3;3H2,1-2H3;3H,1H2,2H3. The third-order valence-electron chi connectivity index (χ3n) is 11.6. The van der Waals surface area contributed by atoms with E-state index < -0.39 is 0 Å². The van der Waals surface area contributed by atoms with Crippen LogP contribution in [0.3, 0.4) is 0 Å². The molecule has 1 rings (SSSR count). The lowest BCUT2D eigenvalue weighted by atomic mass is 9.70. The third kappa shape index (κ3) is 30.5. The predicted octanol–water partition coefficient (Wildman–Crippen LogP) is 18.0. The number of allylic oxidation sites excluding steroid dienone is 3. The third-order valence-corrected chi connectivity index (χ3v) is 11.6. The van der Waals surface area contributed by atoms with E-state index in [9.17, 15) is 0 Å². The zero-order valence-corrected chi connectivity index (χ0v) is 36.4. The van der Waals surface area contributed by atoms with Crippen LogP contribution in [0.5, 0.6) is 0 Å². The van der Waals surface area contributed by atoms with Crippen molar-refractivity contribution < 1.29 is 0 Å². The first-order valence-electron chi connectivity index (χ1n) is 22.5. The number of unbranched alkanes of at least 4 members (excludes halogenated alkanes) is 6.